The molecule has 0 aromatic heterocycles. The summed E-state index contributed by atoms with van der Waals surface area (Å²) in [6.45, 7) is 10.3. The van der Waals surface area contributed by atoms with E-state index in [2.05, 4.69) is 49.9 Å². The molecule has 0 aliphatic carbocycles. The second-order valence-corrected chi connectivity index (χ2v) is 7.98. The molecule has 0 radical (unpaired) electrons. The lowest BCUT2D eigenvalue weighted by Crippen LogP contribution is -2.51. The molecule has 2 aliphatic heterocycles. The molecule has 2 aliphatic rings. The first-order valence-electron chi connectivity index (χ1n) is 9.71. The minimum Gasteiger partial charge on any atom is -0.465 e. The van der Waals surface area contributed by atoms with Gasteiger partial charge in [-0.1, -0.05) is 24.3 Å². The van der Waals surface area contributed by atoms with Crippen LogP contribution in [0.1, 0.15) is 52.5 Å². The van der Waals surface area contributed by atoms with Gasteiger partial charge < -0.3 is 14.0 Å². The highest BCUT2D eigenvalue weighted by Crippen LogP contribution is 2.26. The molecular weight excluding hydrogens is 329 g/mol. The molecule has 0 N–H and O–H groups in total. The number of hydrogen-bond donors (Lipinski definition) is 0. The summed E-state index contributed by atoms with van der Waals surface area (Å²) in [5, 5.41) is 0. The third kappa shape index (κ3) is 4.67. The molecule has 5 nitrogen and oxygen atoms in total. The predicted octanol–water partition coefficient (Wildman–Crippen LogP) is 2.51. The SMILES string of the molecule is CCOC(=O)[C@@H]1CCCN1Cc1ccc(B2OC(C)CC(C)(C)O2)cc1. The minimum absolute atomic E-state index is 0.0955. The molecule has 1 aromatic rings. The maximum atomic E-state index is 12.1. The van der Waals surface area contributed by atoms with Gasteiger partial charge in [0, 0.05) is 12.6 Å². The normalized spacial score (nSPS) is 26.1. The third-order valence-corrected chi connectivity index (χ3v) is 5.12. The molecule has 2 fully saturated rings. The zero-order valence-electron chi connectivity index (χ0n) is 16.4. The van der Waals surface area contributed by atoms with E-state index < -0.39 is 0 Å². The summed E-state index contributed by atoms with van der Waals surface area (Å²) in [6, 6.07) is 8.25. The van der Waals surface area contributed by atoms with E-state index in [4.69, 9.17) is 14.0 Å². The summed E-state index contributed by atoms with van der Waals surface area (Å²) in [4.78, 5) is 14.3. The molecule has 142 valence electrons. The summed E-state index contributed by atoms with van der Waals surface area (Å²) < 4.78 is 17.3. The molecule has 0 amide bonds. The van der Waals surface area contributed by atoms with Gasteiger partial charge in [0.15, 0.2) is 0 Å². The molecule has 6 heteroatoms. The molecule has 26 heavy (non-hydrogen) atoms. The van der Waals surface area contributed by atoms with Crippen molar-refractivity contribution < 1.29 is 18.8 Å². The maximum Gasteiger partial charge on any atom is 0.494 e. The lowest BCUT2D eigenvalue weighted by Gasteiger charge is -2.38. The number of hydrogen-bond acceptors (Lipinski definition) is 5. The monoisotopic (exact) mass is 359 g/mol. The van der Waals surface area contributed by atoms with Gasteiger partial charge >= 0.3 is 13.1 Å². The van der Waals surface area contributed by atoms with Crippen molar-refractivity contribution in [3.05, 3.63) is 29.8 Å². The fourth-order valence-corrected chi connectivity index (χ4v) is 4.00. The van der Waals surface area contributed by atoms with Crippen molar-refractivity contribution in [1.29, 1.82) is 0 Å². The van der Waals surface area contributed by atoms with E-state index in [1.54, 1.807) is 0 Å². The zero-order valence-corrected chi connectivity index (χ0v) is 16.4. The van der Waals surface area contributed by atoms with Crippen LogP contribution in [-0.4, -0.2) is 48.9 Å². The van der Waals surface area contributed by atoms with Gasteiger partial charge in [-0.25, -0.2) is 0 Å². The summed E-state index contributed by atoms with van der Waals surface area (Å²) >= 11 is 0. The number of nitrogens with zero attached hydrogens (tertiary/aromatic N) is 1. The van der Waals surface area contributed by atoms with Gasteiger partial charge in [-0.3, -0.25) is 9.69 Å². The second kappa shape index (κ2) is 8.11. The quantitative estimate of drug-likeness (QED) is 0.597. The third-order valence-electron chi connectivity index (χ3n) is 5.12. The van der Waals surface area contributed by atoms with E-state index in [9.17, 15) is 4.79 Å². The van der Waals surface area contributed by atoms with Gasteiger partial charge in [0.1, 0.15) is 6.04 Å². The van der Waals surface area contributed by atoms with Crippen molar-refractivity contribution in [1.82, 2.24) is 4.90 Å². The van der Waals surface area contributed by atoms with Crippen molar-refractivity contribution in [3.8, 4) is 0 Å². The Kier molecular flexibility index (Phi) is 6.05. The molecule has 1 unspecified atom stereocenters. The van der Waals surface area contributed by atoms with Gasteiger partial charge in [0.2, 0.25) is 0 Å². The molecule has 0 spiro atoms. The summed E-state index contributed by atoms with van der Waals surface area (Å²) in [7, 11) is -0.318. The first-order chi connectivity index (χ1) is 12.4. The lowest BCUT2D eigenvalue weighted by atomic mass is 9.75. The van der Waals surface area contributed by atoms with Crippen LogP contribution in [0.4, 0.5) is 0 Å². The Balaban J connectivity index is 1.63. The smallest absolute Gasteiger partial charge is 0.465 e. The van der Waals surface area contributed by atoms with Gasteiger partial charge in [-0.2, -0.15) is 0 Å². The van der Waals surface area contributed by atoms with E-state index in [0.717, 1.165) is 37.8 Å². The van der Waals surface area contributed by atoms with E-state index in [1.165, 1.54) is 5.56 Å². The van der Waals surface area contributed by atoms with Crippen molar-refractivity contribution in [2.45, 2.75) is 71.2 Å². The number of ether oxygens (including phenoxy) is 1. The van der Waals surface area contributed by atoms with Crippen LogP contribution >= 0.6 is 0 Å². The minimum atomic E-state index is -0.318. The van der Waals surface area contributed by atoms with Crippen LogP contribution in [-0.2, 0) is 25.4 Å². The Hall–Kier alpha value is -1.37. The van der Waals surface area contributed by atoms with Gasteiger partial charge in [0.05, 0.1) is 12.2 Å². The Morgan fingerprint density at radius 2 is 2.08 bits per heavy atom. The Morgan fingerprint density at radius 3 is 2.73 bits per heavy atom. The summed E-state index contributed by atoms with van der Waals surface area (Å²) in [5.74, 6) is -0.0955. The first-order valence-corrected chi connectivity index (χ1v) is 9.71. The molecule has 2 heterocycles. The van der Waals surface area contributed by atoms with Gasteiger partial charge in [-0.15, -0.1) is 0 Å². The molecule has 1 aromatic carbocycles. The zero-order chi connectivity index (χ0) is 18.7. The average molecular weight is 359 g/mol. The molecule has 2 atom stereocenters. The number of carbonyl (C=O) groups is 1. The molecule has 2 saturated heterocycles. The van der Waals surface area contributed by atoms with Gasteiger partial charge in [0.25, 0.3) is 0 Å². The van der Waals surface area contributed by atoms with Crippen LogP contribution in [0.5, 0.6) is 0 Å². The van der Waals surface area contributed by atoms with E-state index >= 15 is 0 Å². The topological polar surface area (TPSA) is 48.0 Å². The Morgan fingerprint density at radius 1 is 1.35 bits per heavy atom. The number of rotatable bonds is 5. The van der Waals surface area contributed by atoms with Crippen molar-refractivity contribution in [3.63, 3.8) is 0 Å². The fourth-order valence-electron chi connectivity index (χ4n) is 4.00. The lowest BCUT2D eigenvalue weighted by molar-refractivity contribution is -0.148. The fraction of sp³-hybridized carbons (Fsp3) is 0.650. The van der Waals surface area contributed by atoms with Crippen molar-refractivity contribution in [2.75, 3.05) is 13.2 Å². The van der Waals surface area contributed by atoms with Gasteiger partial charge in [-0.05, 0) is 64.5 Å². The first kappa shape index (κ1) is 19.4. The van der Waals surface area contributed by atoms with Crippen LogP contribution < -0.4 is 5.46 Å². The summed E-state index contributed by atoms with van der Waals surface area (Å²) in [5.41, 5.74) is 2.05. The second-order valence-electron chi connectivity index (χ2n) is 7.98. The van der Waals surface area contributed by atoms with Crippen LogP contribution in [0.25, 0.3) is 0 Å². The largest absolute Gasteiger partial charge is 0.494 e. The standard InChI is InChI=1S/C20H30BNO4/c1-5-24-19(23)18-7-6-12-22(18)14-16-8-10-17(11-9-16)21-25-15(2)13-20(3,4)26-21/h8-11,15,18H,5-7,12-14H2,1-4H3/t15?,18-/m0/s1. The average Bonchev–Trinajstić information content (AvgIpc) is 3.02. The predicted molar refractivity (Wildman–Crippen MR) is 102 cm³/mol. The van der Waals surface area contributed by atoms with Crippen LogP contribution in [0.2, 0.25) is 0 Å². The van der Waals surface area contributed by atoms with E-state index in [-0.39, 0.29) is 30.8 Å². The Labute approximate surface area is 157 Å². The molecule has 0 bridgehead atoms. The number of benzene rings is 1. The Bertz CT molecular complexity index is 619. The molecular formula is C20H30BNO4. The van der Waals surface area contributed by atoms with Crippen molar-refractivity contribution in [2.24, 2.45) is 0 Å². The maximum absolute atomic E-state index is 12.1. The van der Waals surface area contributed by atoms with Crippen LogP contribution in [0, 0.1) is 0 Å². The van der Waals surface area contributed by atoms with E-state index in [0.29, 0.717) is 6.61 Å². The summed E-state index contributed by atoms with van der Waals surface area (Å²) in [6.07, 6.45) is 3.00. The number of likely N-dealkylation sites (tertiary alicyclic amines) is 1. The van der Waals surface area contributed by atoms with Crippen LogP contribution in [0.15, 0.2) is 24.3 Å². The highest BCUT2D eigenvalue weighted by Gasteiger charge is 2.38. The highest BCUT2D eigenvalue weighted by atomic mass is 16.6. The van der Waals surface area contributed by atoms with Crippen LogP contribution in [0.3, 0.4) is 0 Å². The van der Waals surface area contributed by atoms with E-state index in [1.807, 2.05) is 6.92 Å². The molecule has 3 rings (SSSR count). The highest BCUT2D eigenvalue weighted by molar-refractivity contribution is 6.61. The van der Waals surface area contributed by atoms with Crippen molar-refractivity contribution >= 4 is 18.6 Å². The number of esters is 1. The molecule has 0 saturated carbocycles. The number of carbonyl (C=O) groups excluding carboxylic acids is 1.